The molecule has 3 saturated heterocycles. The fourth-order valence-corrected chi connectivity index (χ4v) is 5.05. The van der Waals surface area contributed by atoms with Crippen molar-refractivity contribution in [2.75, 3.05) is 51.5 Å². The van der Waals surface area contributed by atoms with Crippen molar-refractivity contribution in [2.45, 2.75) is 31.3 Å². The van der Waals surface area contributed by atoms with E-state index < -0.39 is 0 Å². The van der Waals surface area contributed by atoms with Crippen LogP contribution in [0.1, 0.15) is 28.8 Å². The zero-order chi connectivity index (χ0) is 19.6. The summed E-state index contributed by atoms with van der Waals surface area (Å²) >= 11 is 8.00. The van der Waals surface area contributed by atoms with E-state index in [1.54, 1.807) is 17.8 Å². The molecule has 3 aliphatic rings. The average molecular weight is 411 g/mol. The number of likely N-dealkylation sites (N-methyl/N-ethyl adjacent to an activating group) is 1. The summed E-state index contributed by atoms with van der Waals surface area (Å²) in [6.07, 6.45) is 5.21. The van der Waals surface area contributed by atoms with Crippen molar-refractivity contribution in [3.8, 4) is 0 Å². The van der Waals surface area contributed by atoms with Gasteiger partial charge in [-0.2, -0.15) is 11.8 Å². The number of benzene rings is 1. The molecule has 1 aromatic carbocycles. The molecule has 150 valence electrons. The fourth-order valence-electron chi connectivity index (χ4n) is 4.47. The normalized spacial score (nSPS) is 27.1. The lowest BCUT2D eigenvalue weighted by Crippen LogP contribution is -2.65. The highest BCUT2D eigenvalue weighted by atomic mass is 35.5. The van der Waals surface area contributed by atoms with E-state index in [4.69, 9.17) is 17.3 Å². The predicted molar refractivity (Wildman–Crippen MR) is 116 cm³/mol. The second kappa shape index (κ2) is 9.03. The molecule has 0 aromatic heterocycles. The van der Waals surface area contributed by atoms with Gasteiger partial charge in [-0.15, -0.1) is 0 Å². The Morgan fingerprint density at radius 3 is 2.70 bits per heavy atom. The minimum absolute atomic E-state index is 0.0180. The number of hydrogen-bond acceptors (Lipinski definition) is 5. The molecule has 0 radical (unpaired) electrons. The first-order valence-electron chi connectivity index (χ1n) is 9.67. The molecule has 7 heteroatoms. The van der Waals surface area contributed by atoms with Gasteiger partial charge in [-0.1, -0.05) is 11.6 Å². The smallest absolute Gasteiger partial charge is 0.251 e. The first kappa shape index (κ1) is 20.8. The fraction of sp³-hybridized carbons (Fsp3) is 0.650. The summed E-state index contributed by atoms with van der Waals surface area (Å²) in [6.45, 7) is 3.24. The summed E-state index contributed by atoms with van der Waals surface area (Å²) in [5.74, 6) is 1.49. The van der Waals surface area contributed by atoms with E-state index in [0.29, 0.717) is 28.2 Å². The number of anilines is 1. The molecular weight excluding hydrogens is 380 g/mol. The van der Waals surface area contributed by atoms with Crippen molar-refractivity contribution in [3.05, 3.63) is 28.3 Å². The number of hydrogen-bond donors (Lipinski definition) is 2. The second-order valence-corrected chi connectivity index (χ2v) is 9.37. The number of amides is 1. The molecule has 27 heavy (non-hydrogen) atoms. The molecule has 2 unspecified atom stereocenters. The number of carbonyl (C=O) groups is 1. The molecular formula is C20H31ClN4OS. The number of rotatable bonds is 7. The van der Waals surface area contributed by atoms with E-state index in [1.165, 1.54) is 0 Å². The molecule has 0 aliphatic carbocycles. The Hall–Kier alpha value is -0.950. The van der Waals surface area contributed by atoms with Crippen LogP contribution >= 0.6 is 23.4 Å². The molecule has 3 aliphatic heterocycles. The minimum atomic E-state index is -0.0180. The zero-order valence-corrected chi connectivity index (χ0v) is 18.1. The van der Waals surface area contributed by atoms with E-state index in [2.05, 4.69) is 35.5 Å². The Kier molecular flexibility index (Phi) is 6.95. The molecule has 0 spiro atoms. The highest BCUT2D eigenvalue weighted by Gasteiger charge is 2.43. The summed E-state index contributed by atoms with van der Waals surface area (Å²) in [7, 11) is 4.20. The summed E-state index contributed by atoms with van der Waals surface area (Å²) < 4.78 is 0. The van der Waals surface area contributed by atoms with Crippen LogP contribution in [-0.4, -0.2) is 73.5 Å². The molecule has 1 aromatic rings. The van der Waals surface area contributed by atoms with Gasteiger partial charge in [0.15, 0.2) is 0 Å². The van der Waals surface area contributed by atoms with E-state index in [0.717, 1.165) is 50.2 Å². The van der Waals surface area contributed by atoms with Crippen molar-refractivity contribution >= 4 is 35.0 Å². The van der Waals surface area contributed by atoms with Crippen LogP contribution in [0.3, 0.4) is 0 Å². The Morgan fingerprint density at radius 1 is 1.37 bits per heavy atom. The number of nitrogens with zero attached hydrogens (tertiary/aromatic N) is 2. The molecule has 2 atom stereocenters. The van der Waals surface area contributed by atoms with Crippen LogP contribution in [0.15, 0.2) is 12.1 Å². The Balaban J connectivity index is 1.82. The predicted octanol–water partition coefficient (Wildman–Crippen LogP) is 2.58. The van der Waals surface area contributed by atoms with Crippen LogP contribution in [0.2, 0.25) is 5.02 Å². The van der Waals surface area contributed by atoms with Crippen LogP contribution in [0.25, 0.3) is 0 Å². The third kappa shape index (κ3) is 4.73. The number of fused-ring (bicyclic) bond motifs is 3. The number of aryl methyl sites for hydroxylation is 1. The zero-order valence-electron chi connectivity index (χ0n) is 16.5. The van der Waals surface area contributed by atoms with Gasteiger partial charge in [-0.25, -0.2) is 0 Å². The van der Waals surface area contributed by atoms with Crippen LogP contribution in [0.4, 0.5) is 5.69 Å². The summed E-state index contributed by atoms with van der Waals surface area (Å²) in [5, 5.41) is 3.82. The van der Waals surface area contributed by atoms with Gasteiger partial charge >= 0.3 is 0 Å². The van der Waals surface area contributed by atoms with E-state index in [-0.39, 0.29) is 11.9 Å². The number of nitrogens with one attached hydrogen (secondary N) is 1. The highest BCUT2D eigenvalue weighted by molar-refractivity contribution is 7.98. The molecule has 3 heterocycles. The lowest BCUT2D eigenvalue weighted by atomic mass is 9.78. The van der Waals surface area contributed by atoms with Crippen molar-refractivity contribution in [2.24, 2.45) is 5.92 Å². The van der Waals surface area contributed by atoms with Gasteiger partial charge in [0.2, 0.25) is 0 Å². The molecule has 2 bridgehead atoms. The highest BCUT2D eigenvalue weighted by Crippen LogP contribution is 2.33. The van der Waals surface area contributed by atoms with Gasteiger partial charge in [0, 0.05) is 24.2 Å². The quantitative estimate of drug-likeness (QED) is 0.676. The van der Waals surface area contributed by atoms with Gasteiger partial charge in [0.05, 0.1) is 10.7 Å². The third-order valence-corrected chi connectivity index (χ3v) is 6.80. The van der Waals surface area contributed by atoms with Crippen LogP contribution in [0.5, 0.6) is 0 Å². The lowest BCUT2D eigenvalue weighted by molar-refractivity contribution is 0.00303. The van der Waals surface area contributed by atoms with E-state index >= 15 is 0 Å². The number of piperidine rings is 3. The van der Waals surface area contributed by atoms with E-state index in [1.807, 2.05) is 6.07 Å². The van der Waals surface area contributed by atoms with Crippen molar-refractivity contribution < 1.29 is 4.79 Å². The van der Waals surface area contributed by atoms with Crippen LogP contribution in [0, 0.1) is 5.92 Å². The SMILES string of the molecule is CSCCc1cc(N)c(Cl)cc1C(=O)NC1C2CCN(CC2)C1CN(C)C. The Morgan fingerprint density at radius 2 is 2.07 bits per heavy atom. The average Bonchev–Trinajstić information content (AvgIpc) is 2.64. The van der Waals surface area contributed by atoms with E-state index in [9.17, 15) is 4.79 Å². The standard InChI is InChI=1S/C20H31ClN4OS/c1-24(2)12-18-19(13-4-7-25(18)8-5-13)23-20(26)15-11-16(21)17(22)10-14(15)6-9-27-3/h10-11,13,18-19H,4-9,12,22H2,1-3H3,(H,23,26). The Bertz CT molecular complexity index is 676. The topological polar surface area (TPSA) is 61.6 Å². The van der Waals surface area contributed by atoms with Gasteiger partial charge in [-0.05, 0) is 82.1 Å². The summed E-state index contributed by atoms with van der Waals surface area (Å²) in [4.78, 5) is 18.0. The molecule has 0 saturated carbocycles. The number of thioether (sulfide) groups is 1. The summed E-state index contributed by atoms with van der Waals surface area (Å²) in [5.41, 5.74) is 8.18. The first-order valence-corrected chi connectivity index (χ1v) is 11.4. The maximum absolute atomic E-state index is 13.2. The molecule has 5 nitrogen and oxygen atoms in total. The number of nitrogens with two attached hydrogens (primary N) is 1. The summed E-state index contributed by atoms with van der Waals surface area (Å²) in [6, 6.07) is 4.16. The van der Waals surface area contributed by atoms with Crippen molar-refractivity contribution in [3.63, 3.8) is 0 Å². The maximum Gasteiger partial charge on any atom is 0.251 e. The van der Waals surface area contributed by atoms with Gasteiger partial charge in [0.1, 0.15) is 0 Å². The monoisotopic (exact) mass is 410 g/mol. The van der Waals surface area contributed by atoms with Crippen LogP contribution < -0.4 is 11.1 Å². The van der Waals surface area contributed by atoms with Crippen molar-refractivity contribution in [1.82, 2.24) is 15.1 Å². The van der Waals surface area contributed by atoms with Crippen molar-refractivity contribution in [1.29, 1.82) is 0 Å². The van der Waals surface area contributed by atoms with Gasteiger partial charge in [0.25, 0.3) is 5.91 Å². The first-order chi connectivity index (χ1) is 12.9. The maximum atomic E-state index is 13.2. The van der Waals surface area contributed by atoms with Gasteiger partial charge in [-0.3, -0.25) is 9.69 Å². The molecule has 4 rings (SSSR count). The molecule has 3 fully saturated rings. The number of nitrogen functional groups attached to an aromatic ring is 1. The minimum Gasteiger partial charge on any atom is -0.398 e. The Labute approximate surface area is 172 Å². The molecule has 3 N–H and O–H groups in total. The molecule has 1 amide bonds. The number of halogens is 1. The lowest BCUT2D eigenvalue weighted by Gasteiger charge is -2.51. The van der Waals surface area contributed by atoms with Gasteiger partial charge < -0.3 is 16.0 Å². The second-order valence-electron chi connectivity index (χ2n) is 7.98. The largest absolute Gasteiger partial charge is 0.398 e. The van der Waals surface area contributed by atoms with Crippen LogP contribution in [-0.2, 0) is 6.42 Å². The number of carbonyl (C=O) groups excluding carboxylic acids is 1. The third-order valence-electron chi connectivity index (χ3n) is 5.86.